The van der Waals surface area contributed by atoms with Gasteiger partial charge in [-0.05, 0) is 44.9 Å². The Bertz CT molecular complexity index is 978. The molecule has 1 atom stereocenters. The standard InChI is InChI=1S/C57H108O6/c1-4-7-10-13-16-19-22-24-26-28-30-31-33-35-38-41-44-47-50-56(59)62-53-54(52-61-55(58)49-46-43-40-37-21-18-15-12-9-6-3)63-57(60)51-48-45-42-39-36-34-32-29-27-25-23-20-17-14-11-8-5-2/h25,27,54H,4-24,26,28-53H2,1-3H3/b27-25-. The van der Waals surface area contributed by atoms with Gasteiger partial charge in [-0.3, -0.25) is 14.4 Å². The molecule has 0 radical (unpaired) electrons. The summed E-state index contributed by atoms with van der Waals surface area (Å²) in [4.78, 5) is 38.0. The van der Waals surface area contributed by atoms with E-state index in [9.17, 15) is 14.4 Å². The molecule has 0 N–H and O–H groups in total. The van der Waals surface area contributed by atoms with E-state index in [4.69, 9.17) is 14.2 Å². The van der Waals surface area contributed by atoms with Crippen molar-refractivity contribution in [2.24, 2.45) is 0 Å². The first-order valence-electron chi connectivity index (χ1n) is 28.2. The van der Waals surface area contributed by atoms with E-state index in [1.807, 2.05) is 0 Å². The summed E-state index contributed by atoms with van der Waals surface area (Å²) in [6.45, 7) is 6.67. The highest BCUT2D eigenvalue weighted by molar-refractivity contribution is 5.71. The van der Waals surface area contributed by atoms with Crippen molar-refractivity contribution in [3.05, 3.63) is 12.2 Å². The third-order valence-corrected chi connectivity index (χ3v) is 12.8. The smallest absolute Gasteiger partial charge is 0.306 e. The molecular weight excluding hydrogens is 781 g/mol. The largest absolute Gasteiger partial charge is 0.462 e. The Morgan fingerprint density at radius 1 is 0.302 bits per heavy atom. The van der Waals surface area contributed by atoms with Crippen LogP contribution in [0.1, 0.15) is 316 Å². The number of carbonyl (C=O) groups is 3. The van der Waals surface area contributed by atoms with Gasteiger partial charge in [-0.15, -0.1) is 0 Å². The van der Waals surface area contributed by atoms with Crippen LogP contribution in [-0.4, -0.2) is 37.2 Å². The quantitative estimate of drug-likeness (QED) is 0.0262. The zero-order valence-corrected chi connectivity index (χ0v) is 42.6. The molecular formula is C57H108O6. The van der Waals surface area contributed by atoms with Gasteiger partial charge in [0.1, 0.15) is 13.2 Å². The van der Waals surface area contributed by atoms with Crippen molar-refractivity contribution in [2.45, 2.75) is 322 Å². The number of carbonyl (C=O) groups excluding carboxylic acids is 3. The van der Waals surface area contributed by atoms with Crippen molar-refractivity contribution in [1.29, 1.82) is 0 Å². The highest BCUT2D eigenvalue weighted by atomic mass is 16.6. The second kappa shape index (κ2) is 52.8. The fraction of sp³-hybridized carbons (Fsp3) is 0.912. The second-order valence-electron chi connectivity index (χ2n) is 19.2. The van der Waals surface area contributed by atoms with E-state index in [0.717, 1.165) is 57.8 Å². The van der Waals surface area contributed by atoms with Crippen LogP contribution in [0.25, 0.3) is 0 Å². The molecule has 6 heteroatoms. The van der Waals surface area contributed by atoms with Gasteiger partial charge in [0, 0.05) is 19.3 Å². The predicted octanol–water partition coefficient (Wildman–Crippen LogP) is 18.5. The highest BCUT2D eigenvalue weighted by Gasteiger charge is 2.19. The summed E-state index contributed by atoms with van der Waals surface area (Å²) in [6.07, 6.45) is 59.2. The zero-order valence-electron chi connectivity index (χ0n) is 42.6. The lowest BCUT2D eigenvalue weighted by atomic mass is 10.0. The van der Waals surface area contributed by atoms with E-state index in [1.165, 1.54) is 218 Å². The molecule has 6 nitrogen and oxygen atoms in total. The molecule has 0 saturated carbocycles. The molecule has 0 aromatic rings. The van der Waals surface area contributed by atoms with Crippen molar-refractivity contribution >= 4 is 17.9 Å². The van der Waals surface area contributed by atoms with Crippen molar-refractivity contribution in [2.75, 3.05) is 13.2 Å². The van der Waals surface area contributed by atoms with Crippen molar-refractivity contribution < 1.29 is 28.6 Å². The SMILES string of the molecule is CCCCCCCC/C=C\CCCCCCCCCC(=O)OC(COC(=O)CCCCCCCCCCCC)COC(=O)CCCCCCCCCCCCCCCCCCCC. The highest BCUT2D eigenvalue weighted by Crippen LogP contribution is 2.17. The lowest BCUT2D eigenvalue weighted by Crippen LogP contribution is -2.30. The summed E-state index contributed by atoms with van der Waals surface area (Å²) in [5.41, 5.74) is 0. The molecule has 0 bridgehead atoms. The Kier molecular flexibility index (Phi) is 51.2. The molecule has 0 fully saturated rings. The summed E-state index contributed by atoms with van der Waals surface area (Å²) >= 11 is 0. The van der Waals surface area contributed by atoms with Crippen LogP contribution in [0.5, 0.6) is 0 Å². The molecule has 0 aliphatic carbocycles. The van der Waals surface area contributed by atoms with Crippen LogP contribution in [0.15, 0.2) is 12.2 Å². The second-order valence-corrected chi connectivity index (χ2v) is 19.2. The molecule has 0 rings (SSSR count). The first-order chi connectivity index (χ1) is 31.0. The van der Waals surface area contributed by atoms with E-state index in [1.54, 1.807) is 0 Å². The minimum Gasteiger partial charge on any atom is -0.462 e. The molecule has 0 heterocycles. The molecule has 1 unspecified atom stereocenters. The van der Waals surface area contributed by atoms with Gasteiger partial charge < -0.3 is 14.2 Å². The van der Waals surface area contributed by atoms with Gasteiger partial charge in [0.25, 0.3) is 0 Å². The van der Waals surface area contributed by atoms with Crippen LogP contribution >= 0.6 is 0 Å². The Hall–Kier alpha value is -1.85. The lowest BCUT2D eigenvalue weighted by Gasteiger charge is -2.18. The maximum atomic E-state index is 12.8. The molecule has 0 saturated heterocycles. The average Bonchev–Trinajstić information content (AvgIpc) is 3.28. The molecule has 0 aliphatic rings. The monoisotopic (exact) mass is 889 g/mol. The van der Waals surface area contributed by atoms with Crippen LogP contribution < -0.4 is 0 Å². The third-order valence-electron chi connectivity index (χ3n) is 12.8. The van der Waals surface area contributed by atoms with Crippen LogP contribution in [0.3, 0.4) is 0 Å². The van der Waals surface area contributed by atoms with Gasteiger partial charge in [0.2, 0.25) is 0 Å². The summed E-state index contributed by atoms with van der Waals surface area (Å²) in [5, 5.41) is 0. The van der Waals surface area contributed by atoms with Gasteiger partial charge >= 0.3 is 17.9 Å². The Morgan fingerprint density at radius 3 is 0.794 bits per heavy atom. The molecule has 372 valence electrons. The summed E-state index contributed by atoms with van der Waals surface area (Å²) < 4.78 is 16.8. The van der Waals surface area contributed by atoms with Crippen molar-refractivity contribution in [1.82, 2.24) is 0 Å². The fourth-order valence-corrected chi connectivity index (χ4v) is 8.50. The molecule has 0 aromatic heterocycles. The summed E-state index contributed by atoms with van der Waals surface area (Å²) in [5.74, 6) is -0.851. The van der Waals surface area contributed by atoms with E-state index < -0.39 is 6.10 Å². The molecule has 0 aromatic carbocycles. The normalized spacial score (nSPS) is 12.0. The topological polar surface area (TPSA) is 78.9 Å². The minimum absolute atomic E-state index is 0.0661. The number of esters is 3. The third kappa shape index (κ3) is 51.0. The number of hydrogen-bond donors (Lipinski definition) is 0. The Balaban J connectivity index is 4.26. The summed E-state index contributed by atoms with van der Waals surface area (Å²) in [7, 11) is 0. The number of hydrogen-bond acceptors (Lipinski definition) is 6. The summed E-state index contributed by atoms with van der Waals surface area (Å²) in [6, 6.07) is 0. The molecule has 0 amide bonds. The van der Waals surface area contributed by atoms with E-state index in [0.29, 0.717) is 19.3 Å². The van der Waals surface area contributed by atoms with E-state index >= 15 is 0 Å². The maximum absolute atomic E-state index is 12.8. The number of rotatable bonds is 52. The zero-order chi connectivity index (χ0) is 45.8. The molecule has 0 aliphatic heterocycles. The van der Waals surface area contributed by atoms with Gasteiger partial charge in [-0.1, -0.05) is 264 Å². The molecule has 63 heavy (non-hydrogen) atoms. The van der Waals surface area contributed by atoms with Crippen LogP contribution in [0.4, 0.5) is 0 Å². The van der Waals surface area contributed by atoms with Gasteiger partial charge in [0.15, 0.2) is 6.10 Å². The lowest BCUT2D eigenvalue weighted by molar-refractivity contribution is -0.167. The Labute approximate surface area is 392 Å². The van der Waals surface area contributed by atoms with Gasteiger partial charge in [-0.25, -0.2) is 0 Å². The van der Waals surface area contributed by atoms with Gasteiger partial charge in [0.05, 0.1) is 0 Å². The van der Waals surface area contributed by atoms with E-state index in [-0.39, 0.29) is 31.1 Å². The number of unbranched alkanes of at least 4 members (excludes halogenated alkanes) is 39. The van der Waals surface area contributed by atoms with Crippen molar-refractivity contribution in [3.63, 3.8) is 0 Å². The van der Waals surface area contributed by atoms with E-state index in [2.05, 4.69) is 32.9 Å². The predicted molar refractivity (Wildman–Crippen MR) is 270 cm³/mol. The van der Waals surface area contributed by atoms with Gasteiger partial charge in [-0.2, -0.15) is 0 Å². The van der Waals surface area contributed by atoms with Crippen LogP contribution in [0, 0.1) is 0 Å². The first-order valence-corrected chi connectivity index (χ1v) is 28.2. The maximum Gasteiger partial charge on any atom is 0.306 e. The number of ether oxygens (including phenoxy) is 3. The first kappa shape index (κ1) is 61.1. The Morgan fingerprint density at radius 2 is 0.524 bits per heavy atom. The average molecular weight is 889 g/mol. The van der Waals surface area contributed by atoms with Crippen LogP contribution in [-0.2, 0) is 28.6 Å². The number of allylic oxidation sites excluding steroid dienone is 2. The molecule has 0 spiro atoms. The van der Waals surface area contributed by atoms with Crippen molar-refractivity contribution in [3.8, 4) is 0 Å². The minimum atomic E-state index is -0.765. The van der Waals surface area contributed by atoms with Crippen LogP contribution in [0.2, 0.25) is 0 Å². The fourth-order valence-electron chi connectivity index (χ4n) is 8.50.